The van der Waals surface area contributed by atoms with Crippen molar-refractivity contribution in [1.29, 1.82) is 0 Å². The fourth-order valence-electron chi connectivity index (χ4n) is 2.72. The second-order valence-corrected chi connectivity index (χ2v) is 5.98. The lowest BCUT2D eigenvalue weighted by Gasteiger charge is -2.29. The van der Waals surface area contributed by atoms with E-state index in [0.29, 0.717) is 25.3 Å². The van der Waals surface area contributed by atoms with E-state index in [1.54, 1.807) is 24.2 Å². The average molecular weight is 327 g/mol. The lowest BCUT2D eigenvalue weighted by Crippen LogP contribution is -2.36. The molecular weight excluding hydrogens is 306 g/mol. The minimum absolute atomic E-state index is 0.0145. The first-order chi connectivity index (χ1) is 11.6. The minimum Gasteiger partial charge on any atom is -0.394 e. The summed E-state index contributed by atoms with van der Waals surface area (Å²) in [6, 6.07) is 3.62. The normalized spacial score (nSPS) is 14.9. The Labute approximate surface area is 140 Å². The van der Waals surface area contributed by atoms with Crippen LogP contribution in [0.15, 0.2) is 24.5 Å². The molecule has 0 spiro atoms. The Morgan fingerprint density at radius 1 is 1.46 bits per heavy atom. The number of nitrogens with zero attached hydrogens (tertiary/aromatic N) is 4. The Bertz CT molecular complexity index is 735. The number of carbonyl (C=O) groups excluding carboxylic acids is 1. The molecule has 126 valence electrons. The van der Waals surface area contributed by atoms with Crippen molar-refractivity contribution < 1.29 is 9.90 Å². The van der Waals surface area contributed by atoms with E-state index in [1.165, 1.54) is 0 Å². The molecule has 7 heteroatoms. The average Bonchev–Trinajstić information content (AvgIpc) is 2.61. The lowest BCUT2D eigenvalue weighted by atomic mass is 10.0. The highest BCUT2D eigenvalue weighted by Crippen LogP contribution is 2.27. The molecule has 2 N–H and O–H groups in total. The van der Waals surface area contributed by atoms with E-state index in [-0.39, 0.29) is 18.6 Å². The van der Waals surface area contributed by atoms with Crippen molar-refractivity contribution in [1.82, 2.24) is 19.9 Å². The number of anilines is 1. The third kappa shape index (κ3) is 3.35. The number of aromatic nitrogens is 3. The summed E-state index contributed by atoms with van der Waals surface area (Å²) < 4.78 is 0. The first-order valence-corrected chi connectivity index (χ1v) is 8.01. The molecule has 0 aliphatic carbocycles. The van der Waals surface area contributed by atoms with E-state index in [2.05, 4.69) is 20.3 Å². The van der Waals surface area contributed by atoms with Crippen LogP contribution in [0.3, 0.4) is 0 Å². The maximum atomic E-state index is 11.7. The summed E-state index contributed by atoms with van der Waals surface area (Å²) >= 11 is 0. The summed E-state index contributed by atoms with van der Waals surface area (Å²) in [6.45, 7) is 4.60. The van der Waals surface area contributed by atoms with E-state index in [4.69, 9.17) is 0 Å². The van der Waals surface area contributed by atoms with Crippen LogP contribution in [0.25, 0.3) is 11.4 Å². The molecule has 7 nitrogen and oxygen atoms in total. The molecule has 1 atom stereocenters. The molecule has 0 radical (unpaired) electrons. The Hall–Kier alpha value is -2.54. The molecule has 1 amide bonds. The predicted molar refractivity (Wildman–Crippen MR) is 90.2 cm³/mol. The molecule has 1 aliphatic heterocycles. The summed E-state index contributed by atoms with van der Waals surface area (Å²) in [5.74, 6) is 1.34. The highest BCUT2D eigenvalue weighted by molar-refractivity contribution is 5.74. The van der Waals surface area contributed by atoms with Gasteiger partial charge in [-0.3, -0.25) is 9.78 Å². The predicted octanol–water partition coefficient (Wildman–Crippen LogP) is 1.24. The highest BCUT2D eigenvalue weighted by atomic mass is 16.3. The first kappa shape index (κ1) is 16.3. The monoisotopic (exact) mass is 327 g/mol. The SMILES string of the molecule is CC(=O)N1CCc2c(nc(-c3cccnc3)nc2NC(C)CO)C1. The quantitative estimate of drug-likeness (QED) is 0.878. The van der Waals surface area contributed by atoms with Crippen molar-refractivity contribution >= 4 is 11.7 Å². The van der Waals surface area contributed by atoms with Gasteiger partial charge >= 0.3 is 0 Å². The number of nitrogens with one attached hydrogen (secondary N) is 1. The molecule has 0 saturated carbocycles. The number of amides is 1. The maximum Gasteiger partial charge on any atom is 0.219 e. The number of aliphatic hydroxyl groups excluding tert-OH is 1. The number of hydrogen-bond donors (Lipinski definition) is 2. The van der Waals surface area contributed by atoms with Crippen LogP contribution < -0.4 is 5.32 Å². The largest absolute Gasteiger partial charge is 0.394 e. The van der Waals surface area contributed by atoms with Gasteiger partial charge in [0.15, 0.2) is 5.82 Å². The van der Waals surface area contributed by atoms with Gasteiger partial charge in [-0.25, -0.2) is 9.97 Å². The Balaban J connectivity index is 2.04. The maximum absolute atomic E-state index is 11.7. The van der Waals surface area contributed by atoms with Gasteiger partial charge in [0.2, 0.25) is 5.91 Å². The lowest BCUT2D eigenvalue weighted by molar-refractivity contribution is -0.129. The molecule has 1 unspecified atom stereocenters. The second kappa shape index (κ2) is 6.92. The molecule has 2 aromatic rings. The Morgan fingerprint density at radius 2 is 2.29 bits per heavy atom. The topological polar surface area (TPSA) is 91.2 Å². The third-order valence-electron chi connectivity index (χ3n) is 4.09. The Morgan fingerprint density at radius 3 is 2.96 bits per heavy atom. The van der Waals surface area contributed by atoms with Crippen LogP contribution in [0.4, 0.5) is 5.82 Å². The van der Waals surface area contributed by atoms with Gasteiger partial charge in [-0.05, 0) is 25.5 Å². The molecule has 3 rings (SSSR count). The molecule has 2 aromatic heterocycles. The molecular formula is C17H21N5O2. The van der Waals surface area contributed by atoms with Gasteiger partial charge < -0.3 is 15.3 Å². The minimum atomic E-state index is -0.114. The van der Waals surface area contributed by atoms with Crippen LogP contribution in [-0.4, -0.2) is 50.1 Å². The molecule has 0 aromatic carbocycles. The number of fused-ring (bicyclic) bond motifs is 1. The van der Waals surface area contributed by atoms with Gasteiger partial charge in [0.25, 0.3) is 0 Å². The number of pyridine rings is 1. The van der Waals surface area contributed by atoms with E-state index < -0.39 is 0 Å². The van der Waals surface area contributed by atoms with Crippen molar-refractivity contribution in [2.24, 2.45) is 0 Å². The second-order valence-electron chi connectivity index (χ2n) is 5.98. The fraction of sp³-hybridized carbons (Fsp3) is 0.412. The summed E-state index contributed by atoms with van der Waals surface area (Å²) in [6.07, 6.45) is 4.11. The van der Waals surface area contributed by atoms with Gasteiger partial charge in [0.05, 0.1) is 18.8 Å². The van der Waals surface area contributed by atoms with Crippen LogP contribution in [0, 0.1) is 0 Å². The fourth-order valence-corrected chi connectivity index (χ4v) is 2.72. The Kier molecular flexibility index (Phi) is 4.71. The third-order valence-corrected chi connectivity index (χ3v) is 4.09. The molecule has 24 heavy (non-hydrogen) atoms. The summed E-state index contributed by atoms with van der Waals surface area (Å²) in [7, 11) is 0. The van der Waals surface area contributed by atoms with Crippen molar-refractivity contribution in [3.8, 4) is 11.4 Å². The zero-order valence-electron chi connectivity index (χ0n) is 13.9. The van der Waals surface area contributed by atoms with E-state index >= 15 is 0 Å². The summed E-state index contributed by atoms with van der Waals surface area (Å²) in [5.41, 5.74) is 2.68. The van der Waals surface area contributed by atoms with Crippen molar-refractivity contribution in [2.75, 3.05) is 18.5 Å². The number of rotatable bonds is 4. The van der Waals surface area contributed by atoms with E-state index in [0.717, 1.165) is 22.6 Å². The van der Waals surface area contributed by atoms with Crippen molar-refractivity contribution in [2.45, 2.75) is 32.9 Å². The van der Waals surface area contributed by atoms with Crippen LogP contribution in [-0.2, 0) is 17.8 Å². The number of carbonyl (C=O) groups is 1. The molecule has 0 saturated heterocycles. The van der Waals surface area contributed by atoms with Crippen LogP contribution in [0.2, 0.25) is 0 Å². The summed E-state index contributed by atoms with van der Waals surface area (Å²) in [5, 5.41) is 12.6. The molecule has 0 bridgehead atoms. The van der Waals surface area contributed by atoms with Gasteiger partial charge in [-0.2, -0.15) is 0 Å². The van der Waals surface area contributed by atoms with Crippen LogP contribution in [0.5, 0.6) is 0 Å². The van der Waals surface area contributed by atoms with Gasteiger partial charge in [-0.15, -0.1) is 0 Å². The summed E-state index contributed by atoms with van der Waals surface area (Å²) in [4.78, 5) is 26.9. The van der Waals surface area contributed by atoms with Gasteiger partial charge in [-0.1, -0.05) is 0 Å². The molecule has 3 heterocycles. The van der Waals surface area contributed by atoms with E-state index in [1.807, 2.05) is 19.1 Å². The van der Waals surface area contributed by atoms with Gasteiger partial charge in [0.1, 0.15) is 5.82 Å². The zero-order chi connectivity index (χ0) is 17.1. The van der Waals surface area contributed by atoms with Gasteiger partial charge in [0, 0.05) is 43.0 Å². The molecule has 0 fully saturated rings. The first-order valence-electron chi connectivity index (χ1n) is 8.01. The van der Waals surface area contributed by atoms with Crippen molar-refractivity contribution in [3.63, 3.8) is 0 Å². The highest BCUT2D eigenvalue weighted by Gasteiger charge is 2.24. The smallest absolute Gasteiger partial charge is 0.219 e. The van der Waals surface area contributed by atoms with Crippen LogP contribution in [0.1, 0.15) is 25.1 Å². The van der Waals surface area contributed by atoms with Crippen molar-refractivity contribution in [3.05, 3.63) is 35.8 Å². The number of aliphatic hydroxyl groups is 1. The standard InChI is InChI=1S/C17H21N5O2/c1-11(10-23)19-17-14-5-7-22(12(2)24)9-15(14)20-16(21-17)13-4-3-6-18-8-13/h3-4,6,8,11,23H,5,7,9-10H2,1-2H3,(H,19,20,21). The number of hydrogen-bond acceptors (Lipinski definition) is 6. The van der Waals surface area contributed by atoms with Crippen LogP contribution >= 0.6 is 0 Å². The zero-order valence-corrected chi connectivity index (χ0v) is 13.9. The molecule has 1 aliphatic rings. The van der Waals surface area contributed by atoms with E-state index in [9.17, 15) is 9.90 Å².